The van der Waals surface area contributed by atoms with Gasteiger partial charge >= 0.3 is 0 Å². The monoisotopic (exact) mass is 422 g/mol. The lowest BCUT2D eigenvalue weighted by atomic mass is 9.72. The molecule has 5 heteroatoms. The lowest BCUT2D eigenvalue weighted by molar-refractivity contribution is -0.00687. The zero-order valence-corrected chi connectivity index (χ0v) is 18.5. The zero-order chi connectivity index (χ0) is 22.2. The summed E-state index contributed by atoms with van der Waals surface area (Å²) in [6.07, 6.45) is 4.48. The van der Waals surface area contributed by atoms with Crippen LogP contribution in [-0.4, -0.2) is 30.7 Å². The van der Waals surface area contributed by atoms with Crippen molar-refractivity contribution in [2.24, 2.45) is 5.41 Å². The molecule has 0 saturated heterocycles. The Balaban J connectivity index is 1.74. The lowest BCUT2D eigenvalue weighted by Gasteiger charge is -2.37. The van der Waals surface area contributed by atoms with E-state index >= 15 is 0 Å². The quantitative estimate of drug-likeness (QED) is 0.688. The zero-order valence-electron chi connectivity index (χ0n) is 18.5. The second kappa shape index (κ2) is 8.04. The Bertz CT molecular complexity index is 1020. The fraction of sp³-hybridized carbons (Fsp3) is 0.423. The van der Waals surface area contributed by atoms with Gasteiger partial charge in [0.25, 0.3) is 0 Å². The summed E-state index contributed by atoms with van der Waals surface area (Å²) >= 11 is 0. The highest BCUT2D eigenvalue weighted by Gasteiger charge is 2.47. The van der Waals surface area contributed by atoms with E-state index in [1.54, 1.807) is 30.3 Å². The maximum absolute atomic E-state index is 13.6. The third-order valence-electron chi connectivity index (χ3n) is 6.19. The number of rotatable bonds is 6. The standard InChI is InChI=1S/C26H30O5/c1-5-13-30-22-14-18(29-6-2)8-10-21(22)26(28)16-31-23-19-11-12-25(3,4)15-17(19)7-9-20(23)24(26)27/h5,7-10,14,28H,1,6,11-13,15-16H2,2-4H3. The molecule has 1 aliphatic carbocycles. The van der Waals surface area contributed by atoms with Crippen molar-refractivity contribution in [1.29, 1.82) is 0 Å². The molecule has 0 amide bonds. The Labute approximate surface area is 183 Å². The maximum atomic E-state index is 13.6. The maximum Gasteiger partial charge on any atom is 0.206 e. The van der Waals surface area contributed by atoms with Crippen molar-refractivity contribution < 1.29 is 24.1 Å². The summed E-state index contributed by atoms with van der Waals surface area (Å²) < 4.78 is 17.4. The smallest absolute Gasteiger partial charge is 0.206 e. The summed E-state index contributed by atoms with van der Waals surface area (Å²) in [4.78, 5) is 13.6. The summed E-state index contributed by atoms with van der Waals surface area (Å²) in [6.45, 7) is 10.7. The molecular weight excluding hydrogens is 392 g/mol. The molecule has 0 fully saturated rings. The third kappa shape index (κ3) is 3.83. The van der Waals surface area contributed by atoms with Gasteiger partial charge in [-0.1, -0.05) is 32.6 Å². The van der Waals surface area contributed by atoms with Crippen LogP contribution in [0.2, 0.25) is 0 Å². The van der Waals surface area contributed by atoms with Crippen molar-refractivity contribution in [3.63, 3.8) is 0 Å². The van der Waals surface area contributed by atoms with Crippen LogP contribution in [0.15, 0.2) is 43.0 Å². The molecular formula is C26H30O5. The van der Waals surface area contributed by atoms with Crippen molar-refractivity contribution in [3.8, 4) is 17.2 Å². The number of fused-ring (bicyclic) bond motifs is 3. The molecule has 5 nitrogen and oxygen atoms in total. The van der Waals surface area contributed by atoms with Gasteiger partial charge in [-0.25, -0.2) is 0 Å². The molecule has 4 rings (SSSR count). The van der Waals surface area contributed by atoms with E-state index in [2.05, 4.69) is 20.4 Å². The average molecular weight is 423 g/mol. The van der Waals surface area contributed by atoms with E-state index in [0.29, 0.717) is 35.0 Å². The predicted molar refractivity (Wildman–Crippen MR) is 119 cm³/mol. The van der Waals surface area contributed by atoms with Crippen molar-refractivity contribution in [2.45, 2.75) is 45.6 Å². The van der Waals surface area contributed by atoms with Crippen LogP contribution in [-0.2, 0) is 18.4 Å². The van der Waals surface area contributed by atoms with Gasteiger partial charge in [-0.2, -0.15) is 0 Å². The second-order valence-electron chi connectivity index (χ2n) is 9.09. The Kier molecular flexibility index (Phi) is 5.56. The molecule has 31 heavy (non-hydrogen) atoms. The van der Waals surface area contributed by atoms with Crippen molar-refractivity contribution in [1.82, 2.24) is 0 Å². The molecule has 2 aromatic rings. The Morgan fingerprint density at radius 3 is 2.77 bits per heavy atom. The molecule has 1 atom stereocenters. The summed E-state index contributed by atoms with van der Waals surface area (Å²) in [5.74, 6) is 1.25. The summed E-state index contributed by atoms with van der Waals surface area (Å²) in [5, 5.41) is 11.5. The van der Waals surface area contributed by atoms with Crippen LogP contribution in [0, 0.1) is 5.41 Å². The van der Waals surface area contributed by atoms with Crippen molar-refractivity contribution in [2.75, 3.05) is 19.8 Å². The van der Waals surface area contributed by atoms with E-state index in [-0.39, 0.29) is 24.4 Å². The van der Waals surface area contributed by atoms with Gasteiger partial charge in [-0.05, 0) is 60.9 Å². The van der Waals surface area contributed by atoms with Gasteiger partial charge in [0.15, 0.2) is 5.60 Å². The Morgan fingerprint density at radius 2 is 2.03 bits per heavy atom. The normalized spacial score (nSPS) is 21.5. The minimum atomic E-state index is -1.84. The summed E-state index contributed by atoms with van der Waals surface area (Å²) in [7, 11) is 0. The molecule has 0 bridgehead atoms. The fourth-order valence-electron chi connectivity index (χ4n) is 4.55. The van der Waals surface area contributed by atoms with Crippen LogP contribution in [0.3, 0.4) is 0 Å². The van der Waals surface area contributed by atoms with Gasteiger partial charge in [-0.3, -0.25) is 4.79 Å². The fourth-order valence-corrected chi connectivity index (χ4v) is 4.55. The van der Waals surface area contributed by atoms with E-state index in [0.717, 1.165) is 24.8 Å². The molecule has 1 N–H and O–H groups in total. The minimum absolute atomic E-state index is 0.156. The second-order valence-corrected chi connectivity index (χ2v) is 9.09. The topological polar surface area (TPSA) is 65.0 Å². The molecule has 1 heterocycles. The predicted octanol–water partition coefficient (Wildman–Crippen LogP) is 4.63. The van der Waals surface area contributed by atoms with E-state index in [9.17, 15) is 9.90 Å². The number of carbonyl (C=O) groups excluding carboxylic acids is 1. The van der Waals surface area contributed by atoms with Crippen LogP contribution in [0.25, 0.3) is 0 Å². The van der Waals surface area contributed by atoms with Gasteiger partial charge in [0, 0.05) is 11.6 Å². The number of aliphatic hydroxyl groups is 1. The van der Waals surface area contributed by atoms with E-state index < -0.39 is 5.60 Å². The van der Waals surface area contributed by atoms with Gasteiger partial charge in [0.1, 0.15) is 30.5 Å². The molecule has 0 spiro atoms. The van der Waals surface area contributed by atoms with Gasteiger partial charge < -0.3 is 19.3 Å². The Morgan fingerprint density at radius 1 is 1.23 bits per heavy atom. The number of ether oxygens (including phenoxy) is 3. The van der Waals surface area contributed by atoms with E-state index in [1.165, 1.54) is 5.56 Å². The SMILES string of the molecule is C=CCOc1cc(OCC)ccc1C1(O)COc2c(ccc3c2CCC(C)(C)C3)C1=O. The highest BCUT2D eigenvalue weighted by Crippen LogP contribution is 2.45. The molecule has 1 aliphatic heterocycles. The summed E-state index contributed by atoms with van der Waals surface area (Å²) in [5.41, 5.74) is 1.52. The van der Waals surface area contributed by atoms with Crippen LogP contribution >= 0.6 is 0 Å². The van der Waals surface area contributed by atoms with Crippen LogP contribution in [0.5, 0.6) is 17.2 Å². The lowest BCUT2D eigenvalue weighted by Crippen LogP contribution is -2.45. The number of carbonyl (C=O) groups is 1. The number of ketones is 1. The molecule has 0 aromatic heterocycles. The average Bonchev–Trinajstić information content (AvgIpc) is 2.74. The molecule has 2 aromatic carbocycles. The van der Waals surface area contributed by atoms with E-state index in [1.807, 2.05) is 13.0 Å². The molecule has 0 radical (unpaired) electrons. The first-order valence-corrected chi connectivity index (χ1v) is 10.8. The van der Waals surface area contributed by atoms with Crippen LogP contribution < -0.4 is 14.2 Å². The number of hydrogen-bond donors (Lipinski definition) is 1. The van der Waals surface area contributed by atoms with E-state index in [4.69, 9.17) is 14.2 Å². The largest absolute Gasteiger partial charge is 0.494 e. The van der Waals surface area contributed by atoms with Gasteiger partial charge in [-0.15, -0.1) is 0 Å². The molecule has 2 aliphatic rings. The Hall–Kier alpha value is -2.79. The van der Waals surface area contributed by atoms with Crippen molar-refractivity contribution in [3.05, 3.63) is 65.2 Å². The first kappa shape index (κ1) is 21.4. The highest BCUT2D eigenvalue weighted by atomic mass is 16.5. The molecule has 0 saturated carbocycles. The van der Waals surface area contributed by atoms with Crippen LogP contribution in [0.1, 0.15) is 54.2 Å². The first-order valence-electron chi connectivity index (χ1n) is 10.8. The third-order valence-corrected chi connectivity index (χ3v) is 6.19. The number of Topliss-reactive ketones (excluding diaryl/α,β-unsaturated/α-hetero) is 1. The van der Waals surface area contributed by atoms with Gasteiger partial charge in [0.2, 0.25) is 5.78 Å². The molecule has 164 valence electrons. The highest BCUT2D eigenvalue weighted by molar-refractivity contribution is 6.06. The number of benzene rings is 2. The van der Waals surface area contributed by atoms with Crippen molar-refractivity contribution >= 4 is 5.78 Å². The van der Waals surface area contributed by atoms with Gasteiger partial charge in [0.05, 0.1) is 12.2 Å². The minimum Gasteiger partial charge on any atom is -0.494 e. The first-order chi connectivity index (χ1) is 14.8. The number of hydrogen-bond acceptors (Lipinski definition) is 5. The van der Waals surface area contributed by atoms with Crippen LogP contribution in [0.4, 0.5) is 0 Å². The molecule has 1 unspecified atom stereocenters. The summed E-state index contributed by atoms with van der Waals surface area (Å²) in [6, 6.07) is 8.90.